The number of alkyl halides is 3. The van der Waals surface area contributed by atoms with E-state index in [1.807, 2.05) is 6.92 Å². The second-order valence-corrected chi connectivity index (χ2v) is 4.59. The molecule has 0 aliphatic heterocycles. The number of halogens is 5. The van der Waals surface area contributed by atoms with Crippen LogP contribution >= 0.6 is 0 Å². The summed E-state index contributed by atoms with van der Waals surface area (Å²) in [5.41, 5.74) is 0.0514. The predicted octanol–water partition coefficient (Wildman–Crippen LogP) is 3.97. The summed E-state index contributed by atoms with van der Waals surface area (Å²) in [4.78, 5) is 0. The lowest BCUT2D eigenvalue weighted by molar-refractivity contribution is -0.145. The topological polar surface area (TPSA) is 21.3 Å². The fourth-order valence-electron chi connectivity index (χ4n) is 1.76. The molecule has 0 heterocycles. The van der Waals surface area contributed by atoms with Crippen molar-refractivity contribution in [2.24, 2.45) is 0 Å². The first-order valence-corrected chi connectivity index (χ1v) is 6.67. The zero-order valence-corrected chi connectivity index (χ0v) is 11.6. The molecule has 0 saturated carbocycles. The van der Waals surface area contributed by atoms with E-state index in [0.717, 1.165) is 12.5 Å². The molecule has 1 rings (SSSR count). The number of nitrogens with one attached hydrogen (secondary N) is 1. The zero-order valence-electron chi connectivity index (χ0n) is 11.6. The van der Waals surface area contributed by atoms with Gasteiger partial charge in [0.05, 0.1) is 25.7 Å². The summed E-state index contributed by atoms with van der Waals surface area (Å²) < 4.78 is 67.9. The van der Waals surface area contributed by atoms with Gasteiger partial charge in [-0.25, -0.2) is 8.78 Å². The summed E-state index contributed by atoms with van der Waals surface area (Å²) in [5.74, 6) is -2.00. The lowest BCUT2D eigenvalue weighted by Crippen LogP contribution is -2.28. The Morgan fingerprint density at radius 2 is 1.95 bits per heavy atom. The van der Waals surface area contributed by atoms with Gasteiger partial charge in [-0.2, -0.15) is 13.2 Å². The maximum Gasteiger partial charge on any atom is 0.391 e. The third-order valence-corrected chi connectivity index (χ3v) is 2.81. The molecule has 0 aliphatic carbocycles. The van der Waals surface area contributed by atoms with Gasteiger partial charge in [0.1, 0.15) is 0 Å². The Kier molecular flexibility index (Phi) is 7.04. The molecule has 0 fully saturated rings. The smallest absolute Gasteiger partial charge is 0.379 e. The van der Waals surface area contributed by atoms with Crippen LogP contribution in [0.25, 0.3) is 0 Å². The van der Waals surface area contributed by atoms with Gasteiger partial charge in [0, 0.05) is 5.56 Å². The fraction of sp³-hybridized carbons (Fsp3) is 0.571. The molecular formula is C14H18F5NO. The van der Waals surface area contributed by atoms with E-state index >= 15 is 0 Å². The van der Waals surface area contributed by atoms with E-state index in [2.05, 4.69) is 5.32 Å². The van der Waals surface area contributed by atoms with E-state index in [1.165, 1.54) is 12.1 Å². The van der Waals surface area contributed by atoms with E-state index < -0.39 is 36.9 Å². The monoisotopic (exact) mass is 311 g/mol. The molecule has 1 aromatic carbocycles. The van der Waals surface area contributed by atoms with Crippen molar-refractivity contribution in [3.8, 4) is 0 Å². The van der Waals surface area contributed by atoms with Gasteiger partial charge in [0.15, 0.2) is 11.6 Å². The number of hydrogen-bond acceptors (Lipinski definition) is 2. The van der Waals surface area contributed by atoms with Gasteiger partial charge in [0.25, 0.3) is 0 Å². The van der Waals surface area contributed by atoms with Crippen LogP contribution in [0.2, 0.25) is 0 Å². The molecule has 7 heteroatoms. The number of ether oxygens (including phenoxy) is 1. The summed E-state index contributed by atoms with van der Waals surface area (Å²) in [5, 5.41) is 2.94. The second kappa shape index (κ2) is 8.29. The molecule has 1 aromatic rings. The number of rotatable bonds is 8. The molecule has 0 spiro atoms. The Bertz CT molecular complexity index is 436. The van der Waals surface area contributed by atoms with Gasteiger partial charge >= 0.3 is 6.18 Å². The largest absolute Gasteiger partial charge is 0.391 e. The lowest BCUT2D eigenvalue weighted by Gasteiger charge is -2.20. The minimum Gasteiger partial charge on any atom is -0.379 e. The van der Waals surface area contributed by atoms with Crippen molar-refractivity contribution in [2.45, 2.75) is 32.0 Å². The van der Waals surface area contributed by atoms with Gasteiger partial charge < -0.3 is 10.1 Å². The summed E-state index contributed by atoms with van der Waals surface area (Å²) in [6.45, 7) is 1.74. The van der Waals surface area contributed by atoms with Crippen molar-refractivity contribution >= 4 is 0 Å². The quantitative estimate of drug-likeness (QED) is 0.579. The third-order valence-electron chi connectivity index (χ3n) is 2.81. The Morgan fingerprint density at radius 1 is 1.24 bits per heavy atom. The first-order chi connectivity index (χ1) is 9.85. The average Bonchev–Trinajstić information content (AvgIpc) is 2.40. The Hall–Kier alpha value is -1.21. The van der Waals surface area contributed by atoms with Crippen LogP contribution in [0.15, 0.2) is 18.2 Å². The maximum absolute atomic E-state index is 13.7. The van der Waals surface area contributed by atoms with E-state index in [0.29, 0.717) is 6.54 Å². The van der Waals surface area contributed by atoms with Gasteiger partial charge in [-0.05, 0) is 19.0 Å². The van der Waals surface area contributed by atoms with Crippen LogP contribution in [0.1, 0.15) is 31.4 Å². The highest BCUT2D eigenvalue weighted by molar-refractivity contribution is 5.22. The van der Waals surface area contributed by atoms with Crippen molar-refractivity contribution in [1.29, 1.82) is 0 Å². The standard InChI is InChI=1S/C14H18F5NO/c1-2-7-20-12(9-21-8-6-14(17,18)19)10-4-3-5-11(15)13(10)16/h3-5,12,20H,2,6-9H2,1H3. The van der Waals surface area contributed by atoms with Gasteiger partial charge in [-0.15, -0.1) is 0 Å². The molecule has 0 bridgehead atoms. The molecule has 2 nitrogen and oxygen atoms in total. The van der Waals surface area contributed by atoms with E-state index in [1.54, 1.807) is 0 Å². The van der Waals surface area contributed by atoms with Crippen molar-refractivity contribution < 1.29 is 26.7 Å². The molecule has 0 aromatic heterocycles. The molecule has 1 atom stereocenters. The molecule has 120 valence electrons. The SMILES string of the molecule is CCCNC(COCCC(F)(F)F)c1cccc(F)c1F. The fourth-order valence-corrected chi connectivity index (χ4v) is 1.76. The van der Waals surface area contributed by atoms with Crippen molar-refractivity contribution in [3.63, 3.8) is 0 Å². The predicted molar refractivity (Wildman–Crippen MR) is 68.9 cm³/mol. The molecule has 0 radical (unpaired) electrons. The summed E-state index contributed by atoms with van der Waals surface area (Å²) in [6, 6.07) is 3.04. The van der Waals surface area contributed by atoms with Crippen LogP contribution in [0.3, 0.4) is 0 Å². The molecule has 1 unspecified atom stereocenters. The minimum atomic E-state index is -4.30. The zero-order chi connectivity index (χ0) is 15.9. The molecular weight excluding hydrogens is 293 g/mol. The van der Waals surface area contributed by atoms with Crippen molar-refractivity contribution in [2.75, 3.05) is 19.8 Å². The van der Waals surface area contributed by atoms with Crippen LogP contribution in [-0.2, 0) is 4.74 Å². The van der Waals surface area contributed by atoms with Gasteiger partial charge in [-0.1, -0.05) is 19.1 Å². The van der Waals surface area contributed by atoms with Crippen molar-refractivity contribution in [1.82, 2.24) is 5.32 Å². The normalized spacial score (nSPS) is 13.4. The highest BCUT2D eigenvalue weighted by atomic mass is 19.4. The second-order valence-electron chi connectivity index (χ2n) is 4.59. The first-order valence-electron chi connectivity index (χ1n) is 6.67. The average molecular weight is 311 g/mol. The summed E-state index contributed by atoms with van der Waals surface area (Å²) in [6.07, 6.45) is -4.62. The third kappa shape index (κ3) is 6.39. The van der Waals surface area contributed by atoms with Crippen molar-refractivity contribution in [3.05, 3.63) is 35.4 Å². The van der Waals surface area contributed by atoms with Crippen LogP contribution in [0.5, 0.6) is 0 Å². The molecule has 0 amide bonds. The van der Waals surface area contributed by atoms with E-state index in [-0.39, 0.29) is 12.2 Å². The number of hydrogen-bond donors (Lipinski definition) is 1. The van der Waals surface area contributed by atoms with Gasteiger partial charge in [0.2, 0.25) is 0 Å². The van der Waals surface area contributed by atoms with Crippen LogP contribution < -0.4 is 5.32 Å². The molecule has 0 aliphatic rings. The molecule has 21 heavy (non-hydrogen) atoms. The van der Waals surface area contributed by atoms with Gasteiger partial charge in [-0.3, -0.25) is 0 Å². The van der Waals surface area contributed by atoms with Crippen LogP contribution in [-0.4, -0.2) is 25.9 Å². The Balaban J connectivity index is 2.65. The van der Waals surface area contributed by atoms with E-state index in [9.17, 15) is 22.0 Å². The molecule has 1 N–H and O–H groups in total. The highest BCUT2D eigenvalue weighted by Gasteiger charge is 2.27. The Morgan fingerprint density at radius 3 is 2.57 bits per heavy atom. The maximum atomic E-state index is 13.7. The highest BCUT2D eigenvalue weighted by Crippen LogP contribution is 2.22. The minimum absolute atomic E-state index is 0.0514. The lowest BCUT2D eigenvalue weighted by atomic mass is 10.1. The summed E-state index contributed by atoms with van der Waals surface area (Å²) in [7, 11) is 0. The Labute approximate surface area is 120 Å². The van der Waals surface area contributed by atoms with Crippen LogP contribution in [0.4, 0.5) is 22.0 Å². The summed E-state index contributed by atoms with van der Waals surface area (Å²) >= 11 is 0. The first kappa shape index (κ1) is 17.8. The van der Waals surface area contributed by atoms with Crippen LogP contribution in [0, 0.1) is 11.6 Å². The molecule has 0 saturated heterocycles. The number of benzene rings is 1. The van der Waals surface area contributed by atoms with E-state index in [4.69, 9.17) is 4.74 Å².